The van der Waals surface area contributed by atoms with E-state index < -0.39 is 0 Å². The molecular weight excluding hydrogens is 248 g/mol. The van der Waals surface area contributed by atoms with Gasteiger partial charge in [0, 0.05) is 6.20 Å². The van der Waals surface area contributed by atoms with Gasteiger partial charge >= 0.3 is 0 Å². The lowest BCUT2D eigenvalue weighted by Crippen LogP contribution is -1.94. The third-order valence-electron chi connectivity index (χ3n) is 1.15. The molecule has 1 unspecified atom stereocenters. The first-order chi connectivity index (χ1) is 5.11. The average Bonchev–Trinajstić information content (AvgIpc) is 1.94. The smallest absolute Gasteiger partial charge is 0.124 e. The van der Waals surface area contributed by atoms with Crippen LogP contribution in [-0.2, 0) is 0 Å². The summed E-state index contributed by atoms with van der Waals surface area (Å²) in [7, 11) is 0. The zero-order valence-electron chi connectivity index (χ0n) is 5.77. The van der Waals surface area contributed by atoms with Gasteiger partial charge in [0.25, 0.3) is 0 Å². The Bertz CT molecular complexity index is 310. The van der Waals surface area contributed by atoms with E-state index in [9.17, 15) is 0 Å². The van der Waals surface area contributed by atoms with Gasteiger partial charge in [-0.25, -0.2) is 4.98 Å². The molecule has 0 saturated heterocycles. The Labute approximate surface area is 83.1 Å². The predicted molar refractivity (Wildman–Crippen MR) is 51.4 cm³/mol. The van der Waals surface area contributed by atoms with Crippen LogP contribution < -0.4 is 0 Å². The van der Waals surface area contributed by atoms with Gasteiger partial charge in [0.1, 0.15) is 10.5 Å². The van der Waals surface area contributed by atoms with Gasteiger partial charge in [-0.3, -0.25) is 0 Å². The number of rotatable bonds is 1. The molecule has 1 rings (SSSR count). The minimum Gasteiger partial charge on any atom is -0.333 e. The van der Waals surface area contributed by atoms with E-state index in [0.29, 0.717) is 10.5 Å². The summed E-state index contributed by atoms with van der Waals surface area (Å²) in [4.78, 5) is 6.94. The maximum absolute atomic E-state index is 5.77. The first kappa shape index (κ1) is 9.16. The molecule has 0 aromatic carbocycles. The van der Waals surface area contributed by atoms with Crippen LogP contribution in [-0.4, -0.2) is 9.97 Å². The molecule has 0 radical (unpaired) electrons. The average molecular weight is 254 g/mol. The Kier molecular flexibility index (Phi) is 3.04. The number of alkyl halides is 1. The fourth-order valence-corrected chi connectivity index (χ4v) is 1.06. The number of hydrogen-bond donors (Lipinski definition) is 1. The van der Waals surface area contributed by atoms with Crippen molar-refractivity contribution in [1.82, 2.24) is 9.97 Å². The van der Waals surface area contributed by atoms with E-state index in [1.165, 1.54) is 0 Å². The lowest BCUT2D eigenvalue weighted by atomic mass is 10.4. The third-order valence-corrected chi connectivity index (χ3v) is 2.54. The summed E-state index contributed by atoms with van der Waals surface area (Å²) in [5.74, 6) is 0.694. The Morgan fingerprint density at radius 2 is 2.45 bits per heavy atom. The molecule has 1 heterocycles. The van der Waals surface area contributed by atoms with Crippen LogP contribution in [0.2, 0.25) is 0 Å². The summed E-state index contributed by atoms with van der Waals surface area (Å²) in [6, 6.07) is 0. The van der Waals surface area contributed by atoms with Gasteiger partial charge in [0.2, 0.25) is 0 Å². The van der Waals surface area contributed by atoms with E-state index in [1.54, 1.807) is 6.20 Å². The molecule has 0 aliphatic heterocycles. The van der Waals surface area contributed by atoms with Crippen LogP contribution in [0.5, 0.6) is 0 Å². The Balaban J connectivity index is 3.16. The predicted octanol–water partition coefficient (Wildman–Crippen LogP) is 3.20. The van der Waals surface area contributed by atoms with Gasteiger partial charge in [-0.1, -0.05) is 12.2 Å². The topological polar surface area (TPSA) is 28.7 Å². The molecule has 2 nitrogen and oxygen atoms in total. The second-order valence-electron chi connectivity index (χ2n) is 2.06. The van der Waals surface area contributed by atoms with Gasteiger partial charge in [-0.2, -0.15) is 0 Å². The van der Waals surface area contributed by atoms with Gasteiger partial charge in [0.15, 0.2) is 0 Å². The van der Waals surface area contributed by atoms with Crippen molar-refractivity contribution in [2.45, 2.75) is 12.3 Å². The van der Waals surface area contributed by atoms with E-state index >= 15 is 0 Å². The molecule has 1 atom stereocenters. The lowest BCUT2D eigenvalue weighted by molar-refractivity contribution is 0.899. The summed E-state index contributed by atoms with van der Waals surface area (Å²) >= 11 is 14.0. The molecule has 1 aromatic rings. The summed E-state index contributed by atoms with van der Waals surface area (Å²) < 4.78 is 1.41. The van der Waals surface area contributed by atoms with E-state index in [4.69, 9.17) is 23.8 Å². The van der Waals surface area contributed by atoms with Crippen LogP contribution in [0.4, 0.5) is 0 Å². The maximum atomic E-state index is 5.77. The van der Waals surface area contributed by atoms with Crippen molar-refractivity contribution >= 4 is 39.7 Å². The summed E-state index contributed by atoms with van der Waals surface area (Å²) in [5, 5.41) is -0.134. The van der Waals surface area contributed by atoms with Crippen molar-refractivity contribution in [3.8, 4) is 0 Å². The maximum Gasteiger partial charge on any atom is 0.124 e. The van der Waals surface area contributed by atoms with Gasteiger partial charge in [0.05, 0.1) is 9.85 Å². The molecule has 0 aliphatic carbocycles. The molecule has 0 spiro atoms. The van der Waals surface area contributed by atoms with Crippen molar-refractivity contribution in [2.24, 2.45) is 0 Å². The van der Waals surface area contributed by atoms with Gasteiger partial charge in [-0.05, 0) is 22.9 Å². The fourth-order valence-electron chi connectivity index (χ4n) is 0.595. The van der Waals surface area contributed by atoms with Crippen LogP contribution in [0.3, 0.4) is 0 Å². The number of hydrogen-bond acceptors (Lipinski definition) is 2. The molecule has 1 aromatic heterocycles. The molecule has 5 heteroatoms. The number of H-pyrrole nitrogens is 1. The van der Waals surface area contributed by atoms with Gasteiger partial charge in [-0.15, -0.1) is 11.6 Å². The van der Waals surface area contributed by atoms with E-state index in [2.05, 4.69) is 25.9 Å². The summed E-state index contributed by atoms with van der Waals surface area (Å²) in [6.45, 7) is 1.84. The quantitative estimate of drug-likeness (QED) is 0.615. The largest absolute Gasteiger partial charge is 0.333 e. The number of aromatic amines is 1. The molecule has 0 fully saturated rings. The Hall–Kier alpha value is 0.0700. The van der Waals surface area contributed by atoms with Crippen molar-refractivity contribution < 1.29 is 0 Å². The normalized spacial score (nSPS) is 13.0. The van der Waals surface area contributed by atoms with E-state index in [-0.39, 0.29) is 5.38 Å². The van der Waals surface area contributed by atoms with Crippen LogP contribution in [0.1, 0.15) is 18.1 Å². The molecule has 11 heavy (non-hydrogen) atoms. The molecule has 60 valence electrons. The lowest BCUT2D eigenvalue weighted by Gasteiger charge is -2.01. The molecule has 1 N–H and O–H groups in total. The zero-order chi connectivity index (χ0) is 8.43. The second kappa shape index (κ2) is 3.65. The third kappa shape index (κ3) is 2.25. The van der Waals surface area contributed by atoms with Gasteiger partial charge < -0.3 is 4.98 Å². The molecule has 0 saturated carbocycles. The monoisotopic (exact) mass is 252 g/mol. The fraction of sp³-hybridized carbons (Fsp3) is 0.333. The summed E-state index contributed by atoms with van der Waals surface area (Å²) in [6.07, 6.45) is 1.65. The Morgan fingerprint density at radius 1 is 1.82 bits per heavy atom. The number of aromatic nitrogens is 2. The van der Waals surface area contributed by atoms with Crippen molar-refractivity contribution in [3.63, 3.8) is 0 Å². The zero-order valence-corrected chi connectivity index (χ0v) is 8.92. The van der Waals surface area contributed by atoms with E-state index in [0.717, 1.165) is 4.47 Å². The highest BCUT2D eigenvalue weighted by Crippen LogP contribution is 2.16. The Morgan fingerprint density at radius 3 is 2.91 bits per heavy atom. The highest BCUT2D eigenvalue weighted by Gasteiger charge is 2.02. The van der Waals surface area contributed by atoms with Crippen molar-refractivity contribution in [3.05, 3.63) is 21.1 Å². The molecular formula is C6H6BrClN2S. The standard InChI is InChI=1S/C6H6BrClN2S/c1-3(8)5-9-2-4(7)6(11)10-5/h2-3H,1H3,(H,9,10,11). The second-order valence-corrected chi connectivity index (χ2v) is 3.98. The first-order valence-electron chi connectivity index (χ1n) is 3.00. The van der Waals surface area contributed by atoms with Crippen molar-refractivity contribution in [1.29, 1.82) is 0 Å². The minimum atomic E-state index is -0.134. The number of nitrogens with one attached hydrogen (secondary N) is 1. The SMILES string of the molecule is CC(Cl)c1ncc(Br)c(=S)[nH]1. The highest BCUT2D eigenvalue weighted by molar-refractivity contribution is 9.10. The van der Waals surface area contributed by atoms with Crippen LogP contribution in [0.25, 0.3) is 0 Å². The molecule has 0 bridgehead atoms. The van der Waals surface area contributed by atoms with Crippen molar-refractivity contribution in [2.75, 3.05) is 0 Å². The number of nitrogens with zero attached hydrogens (tertiary/aromatic N) is 1. The van der Waals surface area contributed by atoms with Crippen LogP contribution >= 0.6 is 39.7 Å². The highest BCUT2D eigenvalue weighted by atomic mass is 79.9. The minimum absolute atomic E-state index is 0.134. The number of halogens is 2. The van der Waals surface area contributed by atoms with Crippen LogP contribution in [0.15, 0.2) is 10.7 Å². The van der Waals surface area contributed by atoms with E-state index in [1.807, 2.05) is 6.92 Å². The van der Waals surface area contributed by atoms with Crippen LogP contribution in [0, 0.1) is 4.64 Å². The molecule has 0 aliphatic rings. The summed E-state index contributed by atoms with van der Waals surface area (Å²) in [5.41, 5.74) is 0. The first-order valence-corrected chi connectivity index (χ1v) is 4.64. The molecule has 0 amide bonds.